The number of halogens is 1. The molecule has 2 atom stereocenters. The fraction of sp³-hybridized carbons (Fsp3) is 0.714. The van der Waals surface area contributed by atoms with Crippen molar-refractivity contribution < 1.29 is 4.74 Å². The number of piperidine rings is 1. The number of aromatic nitrogens is 2. The summed E-state index contributed by atoms with van der Waals surface area (Å²) in [5, 5.41) is 4.22. The summed E-state index contributed by atoms with van der Waals surface area (Å²) in [6, 6.07) is 1.03. The number of methoxy groups -OCH3 is 1. The number of nitrogens with zero attached hydrogens (tertiary/aromatic N) is 3. The van der Waals surface area contributed by atoms with Crippen LogP contribution in [0.25, 0.3) is 0 Å². The molecule has 0 aliphatic carbocycles. The van der Waals surface area contributed by atoms with Crippen molar-refractivity contribution in [2.24, 2.45) is 5.92 Å². The first kappa shape index (κ1) is 13.9. The summed E-state index contributed by atoms with van der Waals surface area (Å²) < 4.78 is 5.11. The van der Waals surface area contributed by atoms with Crippen molar-refractivity contribution in [2.45, 2.75) is 31.7 Å². The summed E-state index contributed by atoms with van der Waals surface area (Å²) in [5.41, 5.74) is 0. The smallest absolute Gasteiger partial charge is 0.318 e. The molecule has 110 valence electrons. The van der Waals surface area contributed by atoms with Gasteiger partial charge in [-0.15, -0.1) is 0 Å². The predicted octanol–water partition coefficient (Wildman–Crippen LogP) is 2.11. The van der Waals surface area contributed by atoms with Gasteiger partial charge in [-0.1, -0.05) is 11.6 Å². The van der Waals surface area contributed by atoms with Crippen LogP contribution in [0.15, 0.2) is 6.20 Å². The van der Waals surface area contributed by atoms with E-state index in [2.05, 4.69) is 20.2 Å². The average Bonchev–Trinajstić information content (AvgIpc) is 3.02. The Morgan fingerprint density at radius 3 is 3.05 bits per heavy atom. The van der Waals surface area contributed by atoms with Gasteiger partial charge in [-0.3, -0.25) is 0 Å². The number of rotatable bonds is 3. The molecule has 0 bridgehead atoms. The Kier molecular flexibility index (Phi) is 4.27. The highest BCUT2D eigenvalue weighted by molar-refractivity contribution is 6.32. The molecule has 3 rings (SSSR count). The third kappa shape index (κ3) is 2.83. The van der Waals surface area contributed by atoms with Gasteiger partial charge >= 0.3 is 6.01 Å². The molecule has 0 saturated carbocycles. The molecule has 0 aromatic carbocycles. The second-order valence-corrected chi connectivity index (χ2v) is 5.99. The lowest BCUT2D eigenvalue weighted by Crippen LogP contribution is -2.44. The molecule has 0 radical (unpaired) electrons. The second-order valence-electron chi connectivity index (χ2n) is 5.58. The van der Waals surface area contributed by atoms with Crippen LogP contribution in [-0.4, -0.2) is 42.8 Å². The lowest BCUT2D eigenvalue weighted by atomic mass is 9.90. The van der Waals surface area contributed by atoms with Crippen molar-refractivity contribution in [3.63, 3.8) is 0 Å². The summed E-state index contributed by atoms with van der Waals surface area (Å²) in [5.74, 6) is 1.49. The molecule has 1 aromatic heterocycles. The lowest BCUT2D eigenvalue weighted by molar-refractivity contribution is 0.326. The standard InChI is InChI=1S/C14H21ClN4O/c1-20-14-17-8-11(15)13(18-14)19-7-3-4-10(9-19)12-5-2-6-16-12/h8,10,12,16H,2-7,9H2,1H3. The van der Waals surface area contributed by atoms with Crippen molar-refractivity contribution in [3.05, 3.63) is 11.2 Å². The number of nitrogens with one attached hydrogen (secondary N) is 1. The van der Waals surface area contributed by atoms with Crippen LogP contribution in [0.5, 0.6) is 6.01 Å². The minimum Gasteiger partial charge on any atom is -0.467 e. The molecule has 2 aliphatic heterocycles. The van der Waals surface area contributed by atoms with E-state index in [4.69, 9.17) is 16.3 Å². The Morgan fingerprint density at radius 1 is 1.40 bits per heavy atom. The largest absolute Gasteiger partial charge is 0.467 e. The van der Waals surface area contributed by atoms with Crippen molar-refractivity contribution >= 4 is 17.4 Å². The third-order valence-corrected chi connectivity index (χ3v) is 4.58. The van der Waals surface area contributed by atoms with Crippen molar-refractivity contribution in [3.8, 4) is 6.01 Å². The van der Waals surface area contributed by atoms with Gasteiger partial charge in [0.1, 0.15) is 5.02 Å². The first-order valence-corrected chi connectivity index (χ1v) is 7.70. The Hall–Kier alpha value is -1.07. The van der Waals surface area contributed by atoms with E-state index in [-0.39, 0.29) is 0 Å². The van der Waals surface area contributed by atoms with Crippen LogP contribution in [0.4, 0.5) is 5.82 Å². The number of hydrogen-bond acceptors (Lipinski definition) is 5. The third-order valence-electron chi connectivity index (χ3n) is 4.31. The summed E-state index contributed by atoms with van der Waals surface area (Å²) in [6.45, 7) is 3.17. The fourth-order valence-corrected chi connectivity index (χ4v) is 3.52. The van der Waals surface area contributed by atoms with E-state index in [9.17, 15) is 0 Å². The molecule has 1 N–H and O–H groups in total. The molecule has 2 unspecified atom stereocenters. The molecule has 2 saturated heterocycles. The van der Waals surface area contributed by atoms with Crippen molar-refractivity contribution in [2.75, 3.05) is 31.6 Å². The molecular formula is C14H21ClN4O. The highest BCUT2D eigenvalue weighted by atomic mass is 35.5. The first-order chi connectivity index (χ1) is 9.78. The SMILES string of the molecule is COc1ncc(Cl)c(N2CCCC(C3CCCN3)C2)n1. The van der Waals surface area contributed by atoms with Crippen LogP contribution in [0.1, 0.15) is 25.7 Å². The molecule has 0 spiro atoms. The zero-order chi connectivity index (χ0) is 13.9. The minimum absolute atomic E-state index is 0.380. The molecule has 5 nitrogen and oxygen atoms in total. The maximum Gasteiger partial charge on any atom is 0.318 e. The molecular weight excluding hydrogens is 276 g/mol. The van der Waals surface area contributed by atoms with Gasteiger partial charge in [0.25, 0.3) is 0 Å². The van der Waals surface area contributed by atoms with Gasteiger partial charge in [-0.2, -0.15) is 4.98 Å². The van der Waals surface area contributed by atoms with E-state index in [0.717, 1.165) is 25.5 Å². The Labute approximate surface area is 124 Å². The quantitative estimate of drug-likeness (QED) is 0.926. The van der Waals surface area contributed by atoms with E-state index in [1.165, 1.54) is 25.7 Å². The van der Waals surface area contributed by atoms with Gasteiger partial charge in [0, 0.05) is 19.1 Å². The summed E-state index contributed by atoms with van der Waals surface area (Å²) in [7, 11) is 1.58. The van der Waals surface area contributed by atoms with Gasteiger partial charge in [0.2, 0.25) is 0 Å². The molecule has 20 heavy (non-hydrogen) atoms. The number of hydrogen-bond donors (Lipinski definition) is 1. The van der Waals surface area contributed by atoms with Crippen LogP contribution in [-0.2, 0) is 0 Å². The van der Waals surface area contributed by atoms with Crippen LogP contribution in [0.2, 0.25) is 5.02 Å². The van der Waals surface area contributed by atoms with Gasteiger partial charge in [-0.25, -0.2) is 4.98 Å². The predicted molar refractivity (Wildman–Crippen MR) is 79.6 cm³/mol. The highest BCUT2D eigenvalue weighted by Crippen LogP contribution is 2.31. The molecule has 0 amide bonds. The molecule has 1 aromatic rings. The molecule has 3 heterocycles. The van der Waals surface area contributed by atoms with E-state index >= 15 is 0 Å². The number of ether oxygens (including phenoxy) is 1. The van der Waals surface area contributed by atoms with Crippen LogP contribution in [0.3, 0.4) is 0 Å². The van der Waals surface area contributed by atoms with Gasteiger partial charge in [-0.05, 0) is 38.1 Å². The minimum atomic E-state index is 0.380. The van der Waals surface area contributed by atoms with Crippen LogP contribution >= 0.6 is 11.6 Å². The zero-order valence-electron chi connectivity index (χ0n) is 11.8. The number of anilines is 1. The molecule has 2 fully saturated rings. The van der Waals surface area contributed by atoms with E-state index < -0.39 is 0 Å². The molecule has 6 heteroatoms. The molecule has 2 aliphatic rings. The Morgan fingerprint density at radius 2 is 2.30 bits per heavy atom. The van der Waals surface area contributed by atoms with Crippen LogP contribution in [0, 0.1) is 5.92 Å². The van der Waals surface area contributed by atoms with Gasteiger partial charge in [0.05, 0.1) is 13.3 Å². The van der Waals surface area contributed by atoms with Gasteiger partial charge < -0.3 is 15.0 Å². The lowest BCUT2D eigenvalue weighted by Gasteiger charge is -2.36. The summed E-state index contributed by atoms with van der Waals surface area (Å²) in [4.78, 5) is 10.7. The topological polar surface area (TPSA) is 50.3 Å². The van der Waals surface area contributed by atoms with E-state index in [0.29, 0.717) is 23.0 Å². The van der Waals surface area contributed by atoms with Crippen molar-refractivity contribution in [1.82, 2.24) is 15.3 Å². The average molecular weight is 297 g/mol. The van der Waals surface area contributed by atoms with Crippen molar-refractivity contribution in [1.29, 1.82) is 0 Å². The monoisotopic (exact) mass is 296 g/mol. The van der Waals surface area contributed by atoms with E-state index in [1.807, 2.05) is 0 Å². The summed E-state index contributed by atoms with van der Waals surface area (Å²) in [6.07, 6.45) is 6.68. The Balaban J connectivity index is 1.75. The maximum absolute atomic E-state index is 6.26. The van der Waals surface area contributed by atoms with Gasteiger partial charge in [0.15, 0.2) is 5.82 Å². The first-order valence-electron chi connectivity index (χ1n) is 7.33. The van der Waals surface area contributed by atoms with Crippen LogP contribution < -0.4 is 15.0 Å². The maximum atomic E-state index is 6.26. The highest BCUT2D eigenvalue weighted by Gasteiger charge is 2.30. The normalized spacial score (nSPS) is 26.8. The fourth-order valence-electron chi connectivity index (χ4n) is 3.31. The second kappa shape index (κ2) is 6.14. The Bertz CT molecular complexity index is 464. The zero-order valence-corrected chi connectivity index (χ0v) is 12.6. The summed E-state index contributed by atoms with van der Waals surface area (Å²) >= 11 is 6.26. The van der Waals surface area contributed by atoms with E-state index in [1.54, 1.807) is 13.3 Å².